The second-order valence-electron chi connectivity index (χ2n) is 6.15. The second-order valence-corrected chi connectivity index (χ2v) is 6.99. The number of nitrogens with one attached hydrogen (secondary N) is 1. The van der Waals surface area contributed by atoms with Gasteiger partial charge in [-0.15, -0.1) is 0 Å². The zero-order chi connectivity index (χ0) is 20.3. The number of rotatable bonds is 6. The fraction of sp³-hybridized carbons (Fsp3) is 0.211. The number of hydrogen-bond acceptors (Lipinski definition) is 5. The van der Waals surface area contributed by atoms with E-state index in [1.54, 1.807) is 36.4 Å². The minimum atomic E-state index is -1.73. The van der Waals surface area contributed by atoms with Gasteiger partial charge in [0.1, 0.15) is 5.75 Å². The summed E-state index contributed by atoms with van der Waals surface area (Å²) in [6.07, 6.45) is -0.642. The molecule has 3 rings (SSSR count). The van der Waals surface area contributed by atoms with E-state index in [1.165, 1.54) is 13.2 Å². The highest BCUT2D eigenvalue weighted by molar-refractivity contribution is 6.34. The summed E-state index contributed by atoms with van der Waals surface area (Å²) >= 11 is 12.2. The Labute approximate surface area is 170 Å². The summed E-state index contributed by atoms with van der Waals surface area (Å²) in [7, 11) is 1.44. The number of halogens is 2. The SMILES string of the molecule is COc1ccc(Cl)cc1NC(=O)[C@@]1(CC(=O)O)CC(c2ccccc2Cl)=NO1. The summed E-state index contributed by atoms with van der Waals surface area (Å²) in [5.74, 6) is -1.52. The van der Waals surface area contributed by atoms with Crippen molar-refractivity contribution >= 4 is 46.5 Å². The molecule has 0 aromatic heterocycles. The van der Waals surface area contributed by atoms with Gasteiger partial charge in [0.05, 0.1) is 24.9 Å². The molecule has 1 aliphatic rings. The van der Waals surface area contributed by atoms with Gasteiger partial charge in [0.25, 0.3) is 5.91 Å². The van der Waals surface area contributed by atoms with Gasteiger partial charge in [-0.3, -0.25) is 9.59 Å². The van der Waals surface area contributed by atoms with E-state index in [4.69, 9.17) is 32.8 Å². The van der Waals surface area contributed by atoms with Crippen LogP contribution in [0.15, 0.2) is 47.6 Å². The maximum Gasteiger partial charge on any atom is 0.308 e. The van der Waals surface area contributed by atoms with Crippen molar-refractivity contribution in [2.75, 3.05) is 12.4 Å². The lowest BCUT2D eigenvalue weighted by Gasteiger charge is -2.24. The normalized spacial score (nSPS) is 18.2. The van der Waals surface area contributed by atoms with Crippen LogP contribution in [0.4, 0.5) is 5.69 Å². The Morgan fingerprint density at radius 2 is 2.04 bits per heavy atom. The maximum absolute atomic E-state index is 13.0. The van der Waals surface area contributed by atoms with Crippen molar-refractivity contribution in [3.63, 3.8) is 0 Å². The van der Waals surface area contributed by atoms with Gasteiger partial charge in [0.2, 0.25) is 5.60 Å². The van der Waals surface area contributed by atoms with Gasteiger partial charge in [-0.1, -0.05) is 46.6 Å². The number of amides is 1. The Morgan fingerprint density at radius 1 is 1.29 bits per heavy atom. The summed E-state index contributed by atoms with van der Waals surface area (Å²) in [6.45, 7) is 0. The number of oxime groups is 1. The fourth-order valence-electron chi connectivity index (χ4n) is 2.87. The molecule has 1 heterocycles. The van der Waals surface area contributed by atoms with Crippen molar-refractivity contribution in [1.82, 2.24) is 0 Å². The van der Waals surface area contributed by atoms with Crippen LogP contribution in [-0.4, -0.2) is 35.4 Å². The van der Waals surface area contributed by atoms with E-state index in [9.17, 15) is 14.7 Å². The molecular formula is C19H16Cl2N2O5. The predicted molar refractivity (Wildman–Crippen MR) is 105 cm³/mol. The smallest absolute Gasteiger partial charge is 0.308 e. The first kappa shape index (κ1) is 20.0. The van der Waals surface area contributed by atoms with Gasteiger partial charge in [-0.05, 0) is 24.3 Å². The van der Waals surface area contributed by atoms with E-state index >= 15 is 0 Å². The number of carboxylic acid groups (broad SMARTS) is 1. The van der Waals surface area contributed by atoms with Gasteiger partial charge in [0, 0.05) is 22.0 Å². The van der Waals surface area contributed by atoms with Crippen LogP contribution in [0.3, 0.4) is 0 Å². The number of hydrogen-bond donors (Lipinski definition) is 2. The third kappa shape index (κ3) is 4.05. The molecule has 0 bridgehead atoms. The maximum atomic E-state index is 13.0. The van der Waals surface area contributed by atoms with Crippen LogP contribution in [0.5, 0.6) is 5.75 Å². The topological polar surface area (TPSA) is 97.2 Å². The second kappa shape index (κ2) is 8.08. The molecule has 1 amide bonds. The van der Waals surface area contributed by atoms with Crippen molar-refractivity contribution in [2.45, 2.75) is 18.4 Å². The number of ether oxygens (including phenoxy) is 1. The van der Waals surface area contributed by atoms with Crippen LogP contribution in [-0.2, 0) is 14.4 Å². The summed E-state index contributed by atoms with van der Waals surface area (Å²) in [5.41, 5.74) is -0.475. The lowest BCUT2D eigenvalue weighted by atomic mass is 9.90. The first-order valence-electron chi connectivity index (χ1n) is 8.21. The van der Waals surface area contributed by atoms with Gasteiger partial charge in [-0.2, -0.15) is 0 Å². The predicted octanol–water partition coefficient (Wildman–Crippen LogP) is 3.98. The Hall–Kier alpha value is -2.77. The Bertz CT molecular complexity index is 963. The monoisotopic (exact) mass is 422 g/mol. The highest BCUT2D eigenvalue weighted by atomic mass is 35.5. The number of carbonyl (C=O) groups excluding carboxylic acids is 1. The highest BCUT2D eigenvalue weighted by Gasteiger charge is 2.49. The lowest BCUT2D eigenvalue weighted by molar-refractivity contribution is -0.152. The number of nitrogens with zero attached hydrogens (tertiary/aromatic N) is 1. The molecule has 0 saturated carbocycles. The fourth-order valence-corrected chi connectivity index (χ4v) is 3.29. The summed E-state index contributed by atoms with van der Waals surface area (Å²) in [6, 6.07) is 11.6. The molecule has 7 nitrogen and oxygen atoms in total. The van der Waals surface area contributed by atoms with Gasteiger partial charge < -0.3 is 20.0 Å². The Morgan fingerprint density at radius 3 is 2.71 bits per heavy atom. The molecule has 2 aromatic rings. The lowest BCUT2D eigenvalue weighted by Crippen LogP contribution is -2.45. The van der Waals surface area contributed by atoms with E-state index in [1.807, 2.05) is 0 Å². The first-order chi connectivity index (χ1) is 13.3. The standard InChI is InChI=1S/C19H16Cl2N2O5/c1-27-16-7-6-11(20)8-14(16)22-18(26)19(10-17(24)25)9-15(23-28-19)12-4-2-3-5-13(12)21/h2-8H,9-10H2,1H3,(H,22,26)(H,24,25)/t19-/m0/s1. The van der Waals surface area contributed by atoms with Crippen molar-refractivity contribution in [1.29, 1.82) is 0 Å². The summed E-state index contributed by atoms with van der Waals surface area (Å²) in [5, 5.41) is 16.7. The quantitative estimate of drug-likeness (QED) is 0.733. The molecule has 0 radical (unpaired) electrons. The molecule has 0 spiro atoms. The highest BCUT2D eigenvalue weighted by Crippen LogP contribution is 2.35. The minimum Gasteiger partial charge on any atom is -0.495 e. The van der Waals surface area contributed by atoms with E-state index in [0.717, 1.165) is 0 Å². The summed E-state index contributed by atoms with van der Waals surface area (Å²) in [4.78, 5) is 29.8. The van der Waals surface area contributed by atoms with Crippen molar-refractivity contribution < 1.29 is 24.3 Å². The zero-order valence-corrected chi connectivity index (χ0v) is 16.3. The number of carbonyl (C=O) groups is 2. The molecule has 2 N–H and O–H groups in total. The van der Waals surface area contributed by atoms with Crippen LogP contribution in [0.2, 0.25) is 10.0 Å². The average Bonchev–Trinajstić information content (AvgIpc) is 3.06. The van der Waals surface area contributed by atoms with Crippen LogP contribution in [0.1, 0.15) is 18.4 Å². The van der Waals surface area contributed by atoms with Gasteiger partial charge in [-0.25, -0.2) is 0 Å². The summed E-state index contributed by atoms with van der Waals surface area (Å²) < 4.78 is 5.21. The molecule has 2 aromatic carbocycles. The molecule has 0 unspecified atom stereocenters. The van der Waals surface area contributed by atoms with Crippen molar-refractivity contribution in [3.05, 3.63) is 58.1 Å². The van der Waals surface area contributed by atoms with E-state index in [2.05, 4.69) is 10.5 Å². The molecule has 28 heavy (non-hydrogen) atoms. The van der Waals surface area contributed by atoms with E-state index in [-0.39, 0.29) is 6.42 Å². The first-order valence-corrected chi connectivity index (χ1v) is 8.97. The average molecular weight is 423 g/mol. The third-order valence-corrected chi connectivity index (χ3v) is 4.79. The number of carboxylic acids is 1. The number of methoxy groups -OCH3 is 1. The molecule has 0 fully saturated rings. The van der Waals surface area contributed by atoms with Crippen molar-refractivity contribution in [2.24, 2.45) is 5.16 Å². The van der Waals surface area contributed by atoms with Crippen LogP contribution in [0, 0.1) is 0 Å². The van der Waals surface area contributed by atoms with Crippen molar-refractivity contribution in [3.8, 4) is 5.75 Å². The van der Waals surface area contributed by atoms with Crippen LogP contribution >= 0.6 is 23.2 Å². The number of anilines is 1. The molecule has 1 aliphatic heterocycles. The molecule has 0 saturated heterocycles. The van der Waals surface area contributed by atoms with Crippen LogP contribution < -0.4 is 10.1 Å². The molecule has 146 valence electrons. The largest absolute Gasteiger partial charge is 0.495 e. The van der Waals surface area contributed by atoms with Crippen LogP contribution in [0.25, 0.3) is 0 Å². The number of benzene rings is 2. The molecule has 0 aliphatic carbocycles. The van der Waals surface area contributed by atoms with Gasteiger partial charge >= 0.3 is 5.97 Å². The minimum absolute atomic E-state index is 0.0578. The van der Waals surface area contributed by atoms with E-state index < -0.39 is 23.9 Å². The Balaban J connectivity index is 1.89. The molecular weight excluding hydrogens is 407 g/mol. The van der Waals surface area contributed by atoms with E-state index in [0.29, 0.717) is 32.8 Å². The number of aliphatic carboxylic acids is 1. The molecule has 1 atom stereocenters. The zero-order valence-electron chi connectivity index (χ0n) is 14.7. The molecule has 9 heteroatoms. The van der Waals surface area contributed by atoms with Gasteiger partial charge in [0.15, 0.2) is 0 Å². The third-order valence-electron chi connectivity index (χ3n) is 4.23. The Kier molecular flexibility index (Phi) is 5.76.